The van der Waals surface area contributed by atoms with Crippen molar-refractivity contribution in [3.63, 3.8) is 0 Å². The quantitative estimate of drug-likeness (QED) is 0.680. The van der Waals surface area contributed by atoms with Gasteiger partial charge in [0, 0.05) is 13.0 Å². The topological polar surface area (TPSA) is 27.6 Å². The van der Waals surface area contributed by atoms with Gasteiger partial charge >= 0.3 is 0 Å². The number of nitrogens with one attached hydrogen (secondary N) is 1. The normalized spacial score (nSPS) is 17.7. The Morgan fingerprint density at radius 3 is 2.67 bits per heavy atom. The van der Waals surface area contributed by atoms with E-state index in [2.05, 4.69) is 43.1 Å². The molecule has 1 N–H and O–H groups in total. The van der Waals surface area contributed by atoms with Crippen molar-refractivity contribution in [2.24, 2.45) is 10.5 Å². The van der Waals surface area contributed by atoms with Crippen molar-refractivity contribution in [2.45, 2.75) is 34.1 Å². The van der Waals surface area contributed by atoms with E-state index in [9.17, 15) is 0 Å². The minimum Gasteiger partial charge on any atom is -0.340 e. The van der Waals surface area contributed by atoms with Gasteiger partial charge in [-0.15, -0.1) is 0 Å². The van der Waals surface area contributed by atoms with Gasteiger partial charge in [0.05, 0.1) is 0 Å². The lowest BCUT2D eigenvalue weighted by molar-refractivity contribution is 0.388. The van der Waals surface area contributed by atoms with Crippen molar-refractivity contribution in [3.05, 3.63) is 0 Å². The van der Waals surface area contributed by atoms with Crippen LogP contribution in [0.2, 0.25) is 0 Å². The number of rotatable bonds is 2. The van der Waals surface area contributed by atoms with Gasteiger partial charge in [-0.25, -0.2) is 0 Å². The van der Waals surface area contributed by atoms with Crippen LogP contribution in [0.4, 0.5) is 0 Å². The predicted molar refractivity (Wildman–Crippen MR) is 51.9 cm³/mol. The van der Waals surface area contributed by atoms with E-state index in [0.29, 0.717) is 5.41 Å². The van der Waals surface area contributed by atoms with Crippen LogP contribution in [-0.2, 0) is 0 Å². The van der Waals surface area contributed by atoms with Gasteiger partial charge in [0.15, 0.2) is 0 Å². The fourth-order valence-corrected chi connectivity index (χ4v) is 1.29. The molecule has 3 nitrogen and oxygen atoms in total. The maximum Gasteiger partial charge on any atom is 0.126 e. The Bertz CT molecular complexity index is 179. The number of hydrazone groups is 1. The maximum absolute atomic E-state index is 4.27. The monoisotopic (exact) mass is 169 g/mol. The minimum absolute atomic E-state index is 0.332. The van der Waals surface area contributed by atoms with Gasteiger partial charge < -0.3 is 4.90 Å². The number of amidine groups is 1. The zero-order valence-corrected chi connectivity index (χ0v) is 8.52. The van der Waals surface area contributed by atoms with Crippen molar-refractivity contribution < 1.29 is 0 Å². The second kappa shape index (κ2) is 3.33. The standard InChI is InChI=1S/C9H19N3/c1-5-12-7-10-11-8(12)6-9(2,3)4/h10H,5-7H2,1-4H3. The Balaban J connectivity index is 2.52. The summed E-state index contributed by atoms with van der Waals surface area (Å²) in [6.45, 7) is 10.8. The first kappa shape index (κ1) is 9.36. The lowest BCUT2D eigenvalue weighted by Gasteiger charge is -2.23. The predicted octanol–water partition coefficient (Wildman–Crippen LogP) is 1.62. The molecule has 1 aliphatic heterocycles. The molecule has 70 valence electrons. The van der Waals surface area contributed by atoms with Gasteiger partial charge in [-0.3, -0.25) is 5.43 Å². The molecule has 0 fully saturated rings. The van der Waals surface area contributed by atoms with Crippen molar-refractivity contribution in [3.8, 4) is 0 Å². The highest BCUT2D eigenvalue weighted by molar-refractivity contribution is 5.83. The summed E-state index contributed by atoms with van der Waals surface area (Å²) in [5.41, 5.74) is 3.34. The Morgan fingerprint density at radius 1 is 1.50 bits per heavy atom. The van der Waals surface area contributed by atoms with E-state index in [1.165, 1.54) is 5.84 Å². The summed E-state index contributed by atoms with van der Waals surface area (Å²) in [7, 11) is 0. The summed E-state index contributed by atoms with van der Waals surface area (Å²) in [5.74, 6) is 1.20. The molecule has 0 aliphatic carbocycles. The van der Waals surface area contributed by atoms with E-state index in [1.54, 1.807) is 0 Å². The fraction of sp³-hybridized carbons (Fsp3) is 0.889. The molecule has 1 aliphatic rings. The Hall–Kier alpha value is -0.730. The smallest absolute Gasteiger partial charge is 0.126 e. The second-order valence-corrected chi connectivity index (χ2v) is 4.44. The zero-order valence-electron chi connectivity index (χ0n) is 8.52. The van der Waals surface area contributed by atoms with Crippen LogP contribution in [0.3, 0.4) is 0 Å². The Morgan fingerprint density at radius 2 is 2.17 bits per heavy atom. The average Bonchev–Trinajstić information content (AvgIpc) is 2.31. The van der Waals surface area contributed by atoms with Crippen LogP contribution in [-0.4, -0.2) is 23.9 Å². The summed E-state index contributed by atoms with van der Waals surface area (Å²) < 4.78 is 0. The largest absolute Gasteiger partial charge is 0.340 e. The molecule has 0 saturated carbocycles. The van der Waals surface area contributed by atoms with Crippen molar-refractivity contribution in [1.82, 2.24) is 10.3 Å². The molecule has 0 bridgehead atoms. The fourth-order valence-electron chi connectivity index (χ4n) is 1.29. The summed E-state index contributed by atoms with van der Waals surface area (Å²) in [6, 6.07) is 0. The molecule has 0 aromatic carbocycles. The first-order valence-corrected chi connectivity index (χ1v) is 4.57. The molecule has 0 saturated heterocycles. The van der Waals surface area contributed by atoms with Gasteiger partial charge in [0.2, 0.25) is 0 Å². The molecule has 0 atom stereocenters. The molecule has 0 spiro atoms. The molecule has 12 heavy (non-hydrogen) atoms. The first-order chi connectivity index (χ1) is 5.53. The molecule has 0 amide bonds. The Labute approximate surface area is 74.8 Å². The van der Waals surface area contributed by atoms with Crippen molar-refractivity contribution in [2.75, 3.05) is 13.2 Å². The number of nitrogens with zero attached hydrogens (tertiary/aromatic N) is 2. The van der Waals surface area contributed by atoms with Crippen LogP contribution >= 0.6 is 0 Å². The maximum atomic E-state index is 4.27. The van der Waals surface area contributed by atoms with Crippen LogP contribution in [0.15, 0.2) is 5.10 Å². The summed E-state index contributed by atoms with van der Waals surface area (Å²) in [4.78, 5) is 2.27. The third kappa shape index (κ3) is 2.40. The van der Waals surface area contributed by atoms with Crippen LogP contribution in [0.25, 0.3) is 0 Å². The van der Waals surface area contributed by atoms with E-state index in [0.717, 1.165) is 19.6 Å². The summed E-state index contributed by atoms with van der Waals surface area (Å²) in [6.07, 6.45) is 1.05. The molecule has 0 unspecified atom stereocenters. The van der Waals surface area contributed by atoms with E-state index in [1.807, 2.05) is 0 Å². The van der Waals surface area contributed by atoms with Gasteiger partial charge in [-0.05, 0) is 12.3 Å². The Kier molecular flexibility index (Phi) is 2.60. The van der Waals surface area contributed by atoms with Crippen molar-refractivity contribution >= 4 is 5.84 Å². The molecule has 1 heterocycles. The van der Waals surface area contributed by atoms with Gasteiger partial charge in [0.1, 0.15) is 12.5 Å². The molecular formula is C9H19N3. The SMILES string of the molecule is CCN1CNN=C1CC(C)(C)C. The lowest BCUT2D eigenvalue weighted by atomic mass is 9.91. The van der Waals surface area contributed by atoms with E-state index < -0.39 is 0 Å². The van der Waals surface area contributed by atoms with Crippen LogP contribution in [0, 0.1) is 5.41 Å². The molecule has 0 radical (unpaired) electrons. The van der Waals surface area contributed by atoms with Gasteiger partial charge in [-0.1, -0.05) is 20.8 Å². The second-order valence-electron chi connectivity index (χ2n) is 4.44. The average molecular weight is 169 g/mol. The van der Waals surface area contributed by atoms with Crippen LogP contribution in [0.5, 0.6) is 0 Å². The highest BCUT2D eigenvalue weighted by Crippen LogP contribution is 2.21. The van der Waals surface area contributed by atoms with Gasteiger partial charge in [-0.2, -0.15) is 5.10 Å². The summed E-state index contributed by atoms with van der Waals surface area (Å²) >= 11 is 0. The van der Waals surface area contributed by atoms with Gasteiger partial charge in [0.25, 0.3) is 0 Å². The highest BCUT2D eigenvalue weighted by atomic mass is 15.5. The minimum atomic E-state index is 0.332. The van der Waals surface area contributed by atoms with Crippen LogP contribution in [0.1, 0.15) is 34.1 Å². The molecule has 3 heteroatoms. The summed E-state index contributed by atoms with van der Waals surface area (Å²) in [5, 5.41) is 4.27. The highest BCUT2D eigenvalue weighted by Gasteiger charge is 2.21. The van der Waals surface area contributed by atoms with Crippen molar-refractivity contribution in [1.29, 1.82) is 0 Å². The molecule has 1 rings (SSSR count). The number of hydrogen-bond donors (Lipinski definition) is 1. The zero-order chi connectivity index (χ0) is 9.19. The number of hydrogen-bond acceptors (Lipinski definition) is 3. The first-order valence-electron chi connectivity index (χ1n) is 4.57. The van der Waals surface area contributed by atoms with E-state index >= 15 is 0 Å². The van der Waals surface area contributed by atoms with E-state index in [4.69, 9.17) is 0 Å². The third-order valence-electron chi connectivity index (χ3n) is 1.90. The lowest BCUT2D eigenvalue weighted by Crippen LogP contribution is -2.31. The molecule has 0 aromatic rings. The van der Waals surface area contributed by atoms with E-state index in [-0.39, 0.29) is 0 Å². The molecular weight excluding hydrogens is 150 g/mol. The third-order valence-corrected chi connectivity index (χ3v) is 1.90. The van der Waals surface area contributed by atoms with Crippen LogP contribution < -0.4 is 5.43 Å². The molecule has 0 aromatic heterocycles.